The fourth-order valence-corrected chi connectivity index (χ4v) is 2.50. The number of carboxylic acid groups (broad SMARTS) is 1. The molecule has 1 fully saturated rings. The Morgan fingerprint density at radius 1 is 1.44 bits per heavy atom. The van der Waals surface area contributed by atoms with Gasteiger partial charge in [-0.05, 0) is 31.4 Å². The fourth-order valence-electron chi connectivity index (χ4n) is 2.50. The first-order valence-electron chi connectivity index (χ1n) is 6.26. The van der Waals surface area contributed by atoms with Crippen molar-refractivity contribution in [3.8, 4) is 0 Å². The van der Waals surface area contributed by atoms with Crippen molar-refractivity contribution >= 4 is 11.9 Å². The van der Waals surface area contributed by atoms with Gasteiger partial charge in [0, 0.05) is 12.2 Å². The van der Waals surface area contributed by atoms with Gasteiger partial charge in [-0.2, -0.15) is 0 Å². The summed E-state index contributed by atoms with van der Waals surface area (Å²) in [5.74, 6) is -1.11. The van der Waals surface area contributed by atoms with Crippen molar-refractivity contribution in [1.29, 1.82) is 0 Å². The molecule has 0 aliphatic heterocycles. The van der Waals surface area contributed by atoms with E-state index in [1.807, 2.05) is 0 Å². The summed E-state index contributed by atoms with van der Waals surface area (Å²) >= 11 is 0. The van der Waals surface area contributed by atoms with Crippen molar-refractivity contribution in [2.24, 2.45) is 0 Å². The smallest absolute Gasteiger partial charge is 0.352 e. The van der Waals surface area contributed by atoms with Gasteiger partial charge in [-0.25, -0.2) is 4.79 Å². The zero-order valence-corrected chi connectivity index (χ0v) is 10.5. The molecule has 2 rings (SSSR count). The summed E-state index contributed by atoms with van der Waals surface area (Å²) in [6.07, 6.45) is 6.03. The predicted molar refractivity (Wildman–Crippen MR) is 66.5 cm³/mol. The molecule has 98 valence electrons. The van der Waals surface area contributed by atoms with Gasteiger partial charge in [0.05, 0.1) is 0 Å². The second-order valence-corrected chi connectivity index (χ2v) is 4.83. The first-order valence-corrected chi connectivity index (χ1v) is 6.26. The lowest BCUT2D eigenvalue weighted by Crippen LogP contribution is -2.35. The van der Waals surface area contributed by atoms with Crippen molar-refractivity contribution in [1.82, 2.24) is 9.88 Å². The highest BCUT2D eigenvalue weighted by Gasteiger charge is 2.19. The zero-order chi connectivity index (χ0) is 13.1. The Labute approximate surface area is 106 Å². The molecule has 1 amide bonds. The zero-order valence-electron chi connectivity index (χ0n) is 10.5. The monoisotopic (exact) mass is 250 g/mol. The Bertz CT molecular complexity index is 459. The molecule has 1 heterocycles. The van der Waals surface area contributed by atoms with Crippen LogP contribution in [-0.2, 0) is 11.3 Å². The standard InChI is InChI=1S/C13H18N2O3/c1-9-6-7-15(12(9)13(17)18)8-11(16)14-10-4-2-3-5-10/h6-7,10H,2-5,8H2,1H3,(H,14,16)(H,17,18). The quantitative estimate of drug-likeness (QED) is 0.851. The van der Waals surface area contributed by atoms with Gasteiger partial charge in [0.2, 0.25) is 5.91 Å². The SMILES string of the molecule is Cc1ccn(CC(=O)NC2CCCC2)c1C(=O)O. The Morgan fingerprint density at radius 2 is 2.11 bits per heavy atom. The van der Waals surface area contributed by atoms with Gasteiger partial charge in [0.15, 0.2) is 0 Å². The molecule has 0 bridgehead atoms. The van der Waals surface area contributed by atoms with Crippen LogP contribution >= 0.6 is 0 Å². The van der Waals surface area contributed by atoms with Crippen LogP contribution < -0.4 is 5.32 Å². The topological polar surface area (TPSA) is 71.3 Å². The second-order valence-electron chi connectivity index (χ2n) is 4.83. The normalized spacial score (nSPS) is 15.8. The predicted octanol–water partition coefficient (Wildman–Crippen LogP) is 1.55. The number of carboxylic acids is 1. The molecular weight excluding hydrogens is 232 g/mol. The highest BCUT2D eigenvalue weighted by atomic mass is 16.4. The number of rotatable bonds is 4. The lowest BCUT2D eigenvalue weighted by Gasteiger charge is -2.13. The molecule has 1 aliphatic carbocycles. The average molecular weight is 250 g/mol. The minimum atomic E-state index is -0.994. The largest absolute Gasteiger partial charge is 0.477 e. The maximum Gasteiger partial charge on any atom is 0.352 e. The molecule has 0 unspecified atom stereocenters. The molecular formula is C13H18N2O3. The van der Waals surface area contributed by atoms with Crippen LogP contribution in [0.2, 0.25) is 0 Å². The lowest BCUT2D eigenvalue weighted by atomic mass is 10.2. The summed E-state index contributed by atoms with van der Waals surface area (Å²) in [6, 6.07) is 1.98. The highest BCUT2D eigenvalue weighted by molar-refractivity contribution is 5.88. The maximum absolute atomic E-state index is 11.8. The van der Waals surface area contributed by atoms with E-state index in [9.17, 15) is 9.59 Å². The molecule has 5 nitrogen and oxygen atoms in total. The Kier molecular flexibility index (Phi) is 3.69. The van der Waals surface area contributed by atoms with Crippen molar-refractivity contribution in [2.75, 3.05) is 0 Å². The number of hydrogen-bond acceptors (Lipinski definition) is 2. The van der Waals surface area contributed by atoms with E-state index in [-0.39, 0.29) is 24.2 Å². The molecule has 0 spiro atoms. The molecule has 0 radical (unpaired) electrons. The summed E-state index contributed by atoms with van der Waals surface area (Å²) in [5.41, 5.74) is 0.868. The van der Waals surface area contributed by atoms with Crippen molar-refractivity contribution in [2.45, 2.75) is 45.2 Å². The van der Waals surface area contributed by atoms with Crippen LogP contribution in [0.1, 0.15) is 41.7 Å². The summed E-state index contributed by atoms with van der Waals surface area (Å²) in [5, 5.41) is 12.0. The Hall–Kier alpha value is -1.78. The van der Waals surface area contributed by atoms with Gasteiger partial charge in [-0.3, -0.25) is 4.79 Å². The third-order valence-corrected chi connectivity index (χ3v) is 3.40. The molecule has 0 aromatic carbocycles. The number of aromatic carboxylic acids is 1. The van der Waals surface area contributed by atoms with E-state index < -0.39 is 5.97 Å². The maximum atomic E-state index is 11.8. The van der Waals surface area contributed by atoms with Crippen LogP contribution in [0.15, 0.2) is 12.3 Å². The molecule has 2 N–H and O–H groups in total. The molecule has 1 aliphatic rings. The van der Waals surface area contributed by atoms with Crippen LogP contribution in [0.3, 0.4) is 0 Å². The molecule has 0 atom stereocenters. The molecule has 1 saturated carbocycles. The molecule has 1 aromatic rings. The number of nitrogens with zero attached hydrogens (tertiary/aromatic N) is 1. The lowest BCUT2D eigenvalue weighted by molar-refractivity contribution is -0.122. The van der Waals surface area contributed by atoms with Gasteiger partial charge >= 0.3 is 5.97 Å². The van der Waals surface area contributed by atoms with E-state index in [4.69, 9.17) is 5.11 Å². The number of carbonyl (C=O) groups is 2. The fraction of sp³-hybridized carbons (Fsp3) is 0.538. The summed E-state index contributed by atoms with van der Waals surface area (Å²) in [6.45, 7) is 1.81. The van der Waals surface area contributed by atoms with E-state index in [1.165, 1.54) is 4.57 Å². The molecule has 1 aromatic heterocycles. The average Bonchev–Trinajstić information content (AvgIpc) is 2.88. The van der Waals surface area contributed by atoms with E-state index in [0.29, 0.717) is 5.56 Å². The molecule has 5 heteroatoms. The van der Waals surface area contributed by atoms with Crippen LogP contribution in [0.4, 0.5) is 0 Å². The van der Waals surface area contributed by atoms with E-state index in [0.717, 1.165) is 25.7 Å². The Morgan fingerprint density at radius 3 is 2.72 bits per heavy atom. The number of nitrogens with one attached hydrogen (secondary N) is 1. The minimum absolute atomic E-state index is 0.0754. The van der Waals surface area contributed by atoms with Crippen molar-refractivity contribution < 1.29 is 14.7 Å². The first-order chi connectivity index (χ1) is 8.58. The second kappa shape index (κ2) is 5.25. The molecule has 0 saturated heterocycles. The van der Waals surface area contributed by atoms with Gasteiger partial charge in [-0.1, -0.05) is 12.8 Å². The third-order valence-electron chi connectivity index (χ3n) is 3.40. The van der Waals surface area contributed by atoms with Crippen molar-refractivity contribution in [3.05, 3.63) is 23.5 Å². The van der Waals surface area contributed by atoms with Crippen LogP contribution in [0, 0.1) is 6.92 Å². The van der Waals surface area contributed by atoms with E-state index in [1.54, 1.807) is 19.2 Å². The highest BCUT2D eigenvalue weighted by Crippen LogP contribution is 2.17. The van der Waals surface area contributed by atoms with Crippen LogP contribution in [0.25, 0.3) is 0 Å². The first kappa shape index (κ1) is 12.7. The van der Waals surface area contributed by atoms with Crippen molar-refractivity contribution in [3.63, 3.8) is 0 Å². The Balaban J connectivity index is 2.00. The third kappa shape index (κ3) is 2.72. The van der Waals surface area contributed by atoms with Gasteiger partial charge in [-0.15, -0.1) is 0 Å². The minimum Gasteiger partial charge on any atom is -0.477 e. The summed E-state index contributed by atoms with van der Waals surface area (Å²) in [7, 11) is 0. The van der Waals surface area contributed by atoms with E-state index >= 15 is 0 Å². The number of carbonyl (C=O) groups excluding carboxylic acids is 1. The number of hydrogen-bond donors (Lipinski definition) is 2. The number of aryl methyl sites for hydroxylation is 1. The van der Waals surface area contributed by atoms with Gasteiger partial charge < -0.3 is 15.0 Å². The summed E-state index contributed by atoms with van der Waals surface area (Å²) < 4.78 is 1.49. The van der Waals surface area contributed by atoms with Gasteiger partial charge in [0.1, 0.15) is 12.2 Å². The van der Waals surface area contributed by atoms with Gasteiger partial charge in [0.25, 0.3) is 0 Å². The van der Waals surface area contributed by atoms with E-state index in [2.05, 4.69) is 5.32 Å². The molecule has 18 heavy (non-hydrogen) atoms. The number of amides is 1. The number of aromatic nitrogens is 1. The summed E-state index contributed by atoms with van der Waals surface area (Å²) in [4.78, 5) is 22.9. The van der Waals surface area contributed by atoms with Crippen LogP contribution in [0.5, 0.6) is 0 Å². The van der Waals surface area contributed by atoms with Crippen LogP contribution in [-0.4, -0.2) is 27.6 Å².